The standard InChI is InChI=1S/C20H23NO4/c1-4-14-7-5-6-8-17(14)21-19(22)15-9-11-16(12-10-15)25-18(13(2)3)20(23)24/h5-13,18H,4H2,1-3H3,(H,21,22)(H,23,24). The number of hydrogen-bond donors (Lipinski definition) is 2. The summed E-state index contributed by atoms with van der Waals surface area (Å²) in [4.78, 5) is 23.6. The number of amides is 1. The summed E-state index contributed by atoms with van der Waals surface area (Å²) in [5.74, 6) is -0.961. The van der Waals surface area contributed by atoms with E-state index in [1.165, 1.54) is 0 Å². The number of aryl methyl sites for hydroxylation is 1. The molecule has 0 fully saturated rings. The van der Waals surface area contributed by atoms with Gasteiger partial charge in [-0.2, -0.15) is 0 Å². The highest BCUT2D eigenvalue weighted by molar-refractivity contribution is 6.04. The van der Waals surface area contributed by atoms with E-state index in [9.17, 15) is 14.7 Å². The van der Waals surface area contributed by atoms with Gasteiger partial charge in [-0.05, 0) is 42.3 Å². The van der Waals surface area contributed by atoms with E-state index in [0.717, 1.165) is 17.7 Å². The van der Waals surface area contributed by atoms with Crippen molar-refractivity contribution < 1.29 is 19.4 Å². The third-order valence-corrected chi connectivity index (χ3v) is 3.87. The topological polar surface area (TPSA) is 75.6 Å². The number of carbonyl (C=O) groups excluding carboxylic acids is 1. The van der Waals surface area contributed by atoms with Crippen molar-refractivity contribution in [2.24, 2.45) is 5.92 Å². The van der Waals surface area contributed by atoms with Gasteiger partial charge >= 0.3 is 5.97 Å². The summed E-state index contributed by atoms with van der Waals surface area (Å²) < 4.78 is 5.50. The molecule has 0 saturated carbocycles. The minimum absolute atomic E-state index is 0.161. The second-order valence-electron chi connectivity index (χ2n) is 6.11. The fraction of sp³-hybridized carbons (Fsp3) is 0.300. The van der Waals surface area contributed by atoms with Crippen LogP contribution in [0.2, 0.25) is 0 Å². The number of hydrogen-bond acceptors (Lipinski definition) is 3. The molecule has 1 atom stereocenters. The summed E-state index contributed by atoms with van der Waals surface area (Å²) >= 11 is 0. The van der Waals surface area contributed by atoms with Gasteiger partial charge in [0.2, 0.25) is 0 Å². The van der Waals surface area contributed by atoms with E-state index in [0.29, 0.717) is 11.3 Å². The first-order valence-electron chi connectivity index (χ1n) is 8.31. The predicted molar refractivity (Wildman–Crippen MR) is 97.1 cm³/mol. The van der Waals surface area contributed by atoms with Gasteiger partial charge in [0.05, 0.1) is 0 Å². The molecule has 5 nitrogen and oxygen atoms in total. The minimum atomic E-state index is -1.01. The van der Waals surface area contributed by atoms with Gasteiger partial charge in [-0.3, -0.25) is 4.79 Å². The van der Waals surface area contributed by atoms with E-state index in [-0.39, 0.29) is 11.8 Å². The fourth-order valence-electron chi connectivity index (χ4n) is 2.45. The Bertz CT molecular complexity index is 738. The second kappa shape index (κ2) is 8.33. The van der Waals surface area contributed by atoms with Crippen LogP contribution in [0, 0.1) is 5.92 Å². The molecule has 132 valence electrons. The molecule has 2 aromatic rings. The Labute approximate surface area is 147 Å². The first-order chi connectivity index (χ1) is 11.9. The number of carbonyl (C=O) groups is 2. The van der Waals surface area contributed by atoms with Crippen molar-refractivity contribution in [3.63, 3.8) is 0 Å². The molecule has 1 amide bonds. The lowest BCUT2D eigenvalue weighted by atomic mass is 10.1. The maximum absolute atomic E-state index is 12.4. The van der Waals surface area contributed by atoms with Gasteiger partial charge in [-0.25, -0.2) is 4.79 Å². The summed E-state index contributed by atoms with van der Waals surface area (Å²) in [6.07, 6.45) is -0.0919. The molecular weight excluding hydrogens is 318 g/mol. The SMILES string of the molecule is CCc1ccccc1NC(=O)c1ccc(OC(C(=O)O)C(C)C)cc1. The molecule has 2 rings (SSSR count). The zero-order valence-corrected chi connectivity index (χ0v) is 14.7. The molecule has 0 bridgehead atoms. The molecule has 0 aromatic heterocycles. The number of anilines is 1. The number of carboxylic acids is 1. The third-order valence-electron chi connectivity index (χ3n) is 3.87. The highest BCUT2D eigenvalue weighted by Gasteiger charge is 2.23. The van der Waals surface area contributed by atoms with Crippen LogP contribution in [0.25, 0.3) is 0 Å². The second-order valence-corrected chi connectivity index (χ2v) is 6.11. The van der Waals surface area contributed by atoms with Crippen LogP contribution in [-0.4, -0.2) is 23.1 Å². The van der Waals surface area contributed by atoms with Crippen LogP contribution in [0.5, 0.6) is 5.75 Å². The number of carboxylic acid groups (broad SMARTS) is 1. The molecule has 0 radical (unpaired) electrons. The van der Waals surface area contributed by atoms with Crippen LogP contribution in [0.4, 0.5) is 5.69 Å². The van der Waals surface area contributed by atoms with Gasteiger partial charge in [-0.15, -0.1) is 0 Å². The molecule has 0 aliphatic carbocycles. The summed E-state index contributed by atoms with van der Waals surface area (Å²) in [7, 11) is 0. The molecule has 2 N–H and O–H groups in total. The van der Waals surface area contributed by atoms with E-state index in [2.05, 4.69) is 5.32 Å². The van der Waals surface area contributed by atoms with Gasteiger partial charge < -0.3 is 15.2 Å². The number of ether oxygens (including phenoxy) is 1. The average Bonchev–Trinajstić information content (AvgIpc) is 2.60. The zero-order valence-electron chi connectivity index (χ0n) is 14.7. The van der Waals surface area contributed by atoms with Crippen molar-refractivity contribution in [1.29, 1.82) is 0 Å². The predicted octanol–water partition coefficient (Wildman–Crippen LogP) is 3.99. The molecule has 5 heteroatoms. The molecule has 0 aliphatic heterocycles. The van der Waals surface area contributed by atoms with Crippen molar-refractivity contribution >= 4 is 17.6 Å². The maximum Gasteiger partial charge on any atom is 0.345 e. The van der Waals surface area contributed by atoms with Gasteiger partial charge in [0.15, 0.2) is 6.10 Å². The fourth-order valence-corrected chi connectivity index (χ4v) is 2.45. The molecular formula is C20H23NO4. The highest BCUT2D eigenvalue weighted by atomic mass is 16.5. The van der Waals surface area contributed by atoms with Crippen LogP contribution >= 0.6 is 0 Å². The van der Waals surface area contributed by atoms with Crippen molar-refractivity contribution in [1.82, 2.24) is 0 Å². The summed E-state index contributed by atoms with van der Waals surface area (Å²) in [5, 5.41) is 12.1. The Morgan fingerprint density at radius 3 is 2.28 bits per heavy atom. The Balaban J connectivity index is 2.08. The Morgan fingerprint density at radius 1 is 1.08 bits per heavy atom. The smallest absolute Gasteiger partial charge is 0.345 e. The Kier molecular flexibility index (Phi) is 6.17. The van der Waals surface area contributed by atoms with Crippen LogP contribution in [0.3, 0.4) is 0 Å². The average molecular weight is 341 g/mol. The van der Waals surface area contributed by atoms with E-state index in [1.54, 1.807) is 38.1 Å². The van der Waals surface area contributed by atoms with Gasteiger partial charge in [-0.1, -0.05) is 39.0 Å². The van der Waals surface area contributed by atoms with E-state index < -0.39 is 12.1 Å². The molecule has 1 unspecified atom stereocenters. The summed E-state index contributed by atoms with van der Waals surface area (Å²) in [5.41, 5.74) is 2.34. The normalized spacial score (nSPS) is 11.8. The Morgan fingerprint density at radius 2 is 1.72 bits per heavy atom. The van der Waals surface area contributed by atoms with E-state index >= 15 is 0 Å². The largest absolute Gasteiger partial charge is 0.478 e. The summed E-state index contributed by atoms with van der Waals surface area (Å²) in [6, 6.07) is 14.1. The van der Waals surface area contributed by atoms with Crippen molar-refractivity contribution in [3.8, 4) is 5.75 Å². The first kappa shape index (κ1) is 18.5. The van der Waals surface area contributed by atoms with E-state index in [4.69, 9.17) is 4.74 Å². The summed E-state index contributed by atoms with van der Waals surface area (Å²) in [6.45, 7) is 5.60. The number of benzene rings is 2. The lowest BCUT2D eigenvalue weighted by Crippen LogP contribution is -2.32. The van der Waals surface area contributed by atoms with Crippen LogP contribution < -0.4 is 10.1 Å². The van der Waals surface area contributed by atoms with Crippen molar-refractivity contribution in [2.75, 3.05) is 5.32 Å². The molecule has 2 aromatic carbocycles. The zero-order chi connectivity index (χ0) is 18.4. The molecule has 0 aliphatic rings. The monoisotopic (exact) mass is 341 g/mol. The minimum Gasteiger partial charge on any atom is -0.478 e. The number of aliphatic carboxylic acids is 1. The number of para-hydroxylation sites is 1. The lowest BCUT2D eigenvalue weighted by molar-refractivity contribution is -0.147. The molecule has 0 spiro atoms. The van der Waals surface area contributed by atoms with Crippen molar-refractivity contribution in [2.45, 2.75) is 33.3 Å². The maximum atomic E-state index is 12.4. The number of rotatable bonds is 7. The van der Waals surface area contributed by atoms with Crippen LogP contribution in [-0.2, 0) is 11.2 Å². The van der Waals surface area contributed by atoms with Gasteiger partial charge in [0.25, 0.3) is 5.91 Å². The molecule has 0 saturated heterocycles. The number of nitrogens with one attached hydrogen (secondary N) is 1. The van der Waals surface area contributed by atoms with Crippen LogP contribution in [0.1, 0.15) is 36.7 Å². The van der Waals surface area contributed by atoms with Crippen molar-refractivity contribution in [3.05, 3.63) is 59.7 Å². The molecule has 25 heavy (non-hydrogen) atoms. The first-order valence-corrected chi connectivity index (χ1v) is 8.31. The van der Waals surface area contributed by atoms with E-state index in [1.807, 2.05) is 31.2 Å². The van der Waals surface area contributed by atoms with Gasteiger partial charge in [0, 0.05) is 17.2 Å². The quantitative estimate of drug-likeness (QED) is 0.798. The lowest BCUT2D eigenvalue weighted by Gasteiger charge is -2.18. The molecule has 0 heterocycles. The van der Waals surface area contributed by atoms with Gasteiger partial charge in [0.1, 0.15) is 5.75 Å². The van der Waals surface area contributed by atoms with Crippen LogP contribution in [0.15, 0.2) is 48.5 Å². The highest BCUT2D eigenvalue weighted by Crippen LogP contribution is 2.20. The Hall–Kier alpha value is -2.82. The third kappa shape index (κ3) is 4.83.